The van der Waals surface area contributed by atoms with Gasteiger partial charge in [-0.2, -0.15) is 0 Å². The second-order valence-electron chi connectivity index (χ2n) is 16.3. The second-order valence-corrected chi connectivity index (χ2v) is 16.3. The van der Waals surface area contributed by atoms with Gasteiger partial charge in [-0.25, -0.2) is 0 Å². The maximum Gasteiger partial charge on any atom is 0.136 e. The minimum Gasteiger partial charge on any atom is -0.456 e. The van der Waals surface area contributed by atoms with Crippen molar-refractivity contribution in [1.82, 2.24) is 0 Å². The predicted octanol–water partition coefficient (Wildman–Crippen LogP) is 15.9. The first-order chi connectivity index (χ1) is 29.8. The summed E-state index contributed by atoms with van der Waals surface area (Å²) in [6.45, 7) is 0. The molecule has 0 unspecified atom stereocenters. The third kappa shape index (κ3) is 4.58. The summed E-state index contributed by atoms with van der Waals surface area (Å²) in [6.07, 6.45) is 0. The highest BCUT2D eigenvalue weighted by Gasteiger charge is 2.48. The Kier molecular flexibility index (Phi) is 7.00. The van der Waals surface area contributed by atoms with Crippen LogP contribution in [0, 0.1) is 0 Å². The standard InChI is InChI=1S/C59H36O/c1-3-18-42(19-4-1)59(43-20-5-2-6-21-43)53-35-41(56-45-23-11-8-17-39(45)34-52-44-22-10-7-15-37(44)27-31-49(52)56)29-32-50(53)57-46-24-12-9-16-38(46)33-51(58(57)59)40-28-30-48-47-25-13-14-26-54(47)60-55(48)36-40/h1-36H. The largest absolute Gasteiger partial charge is 0.456 e. The number of hydrogen-bond donors (Lipinski definition) is 0. The zero-order valence-corrected chi connectivity index (χ0v) is 32.7. The van der Waals surface area contributed by atoms with Crippen LogP contribution in [0.3, 0.4) is 0 Å². The molecular weight excluding hydrogens is 725 g/mol. The van der Waals surface area contributed by atoms with Gasteiger partial charge in [0, 0.05) is 10.8 Å². The highest BCUT2D eigenvalue weighted by Crippen LogP contribution is 2.61. The quantitative estimate of drug-likeness (QED) is 0.129. The van der Waals surface area contributed by atoms with E-state index in [0.29, 0.717) is 0 Å². The van der Waals surface area contributed by atoms with Crippen LogP contribution in [0.15, 0.2) is 223 Å². The zero-order valence-electron chi connectivity index (χ0n) is 32.7. The van der Waals surface area contributed by atoms with Crippen molar-refractivity contribution in [3.63, 3.8) is 0 Å². The molecule has 1 aliphatic carbocycles. The van der Waals surface area contributed by atoms with E-state index >= 15 is 0 Å². The molecule has 60 heavy (non-hydrogen) atoms. The Balaban J connectivity index is 1.19. The number of benzene rings is 11. The van der Waals surface area contributed by atoms with E-state index in [9.17, 15) is 0 Å². The van der Waals surface area contributed by atoms with Crippen LogP contribution < -0.4 is 0 Å². The Morgan fingerprint density at radius 1 is 0.300 bits per heavy atom. The van der Waals surface area contributed by atoms with E-state index in [0.717, 1.165) is 27.5 Å². The first-order valence-corrected chi connectivity index (χ1v) is 20.8. The molecule has 1 heteroatoms. The topological polar surface area (TPSA) is 13.1 Å². The van der Waals surface area contributed by atoms with Gasteiger partial charge in [0.1, 0.15) is 11.2 Å². The van der Waals surface area contributed by atoms with E-state index in [2.05, 4.69) is 212 Å². The van der Waals surface area contributed by atoms with Crippen molar-refractivity contribution >= 4 is 65.0 Å². The summed E-state index contributed by atoms with van der Waals surface area (Å²) in [4.78, 5) is 0. The molecule has 0 bridgehead atoms. The summed E-state index contributed by atoms with van der Waals surface area (Å²) >= 11 is 0. The van der Waals surface area contributed by atoms with Crippen molar-refractivity contribution in [3.8, 4) is 33.4 Å². The van der Waals surface area contributed by atoms with Gasteiger partial charge in [0.15, 0.2) is 0 Å². The minimum atomic E-state index is -0.654. The van der Waals surface area contributed by atoms with Gasteiger partial charge in [-0.15, -0.1) is 0 Å². The molecule has 0 saturated carbocycles. The van der Waals surface area contributed by atoms with E-state index in [4.69, 9.17) is 4.42 Å². The molecule has 0 spiro atoms. The predicted molar refractivity (Wildman–Crippen MR) is 252 cm³/mol. The molecule has 0 atom stereocenters. The van der Waals surface area contributed by atoms with E-state index in [-0.39, 0.29) is 0 Å². The molecule has 1 aliphatic rings. The molecule has 0 fully saturated rings. The highest BCUT2D eigenvalue weighted by molar-refractivity contribution is 6.20. The molecule has 1 nitrogen and oxygen atoms in total. The summed E-state index contributed by atoms with van der Waals surface area (Å²) in [5.41, 5.74) is 13.6. The van der Waals surface area contributed by atoms with Crippen molar-refractivity contribution in [3.05, 3.63) is 241 Å². The van der Waals surface area contributed by atoms with Crippen molar-refractivity contribution in [2.45, 2.75) is 5.41 Å². The summed E-state index contributed by atoms with van der Waals surface area (Å²) in [5, 5.41) is 12.3. The van der Waals surface area contributed by atoms with E-state index in [1.54, 1.807) is 0 Å². The van der Waals surface area contributed by atoms with Crippen molar-refractivity contribution in [2.75, 3.05) is 0 Å². The first-order valence-electron chi connectivity index (χ1n) is 20.8. The Morgan fingerprint density at radius 3 is 1.62 bits per heavy atom. The summed E-state index contributed by atoms with van der Waals surface area (Å²) in [7, 11) is 0. The Hall–Kier alpha value is -7.74. The molecule has 13 rings (SSSR count). The third-order valence-electron chi connectivity index (χ3n) is 13.3. The van der Waals surface area contributed by atoms with Gasteiger partial charge < -0.3 is 4.42 Å². The fourth-order valence-corrected chi connectivity index (χ4v) is 10.8. The van der Waals surface area contributed by atoms with Crippen LogP contribution in [0.2, 0.25) is 0 Å². The van der Waals surface area contributed by atoms with Gasteiger partial charge in [0.2, 0.25) is 0 Å². The third-order valence-corrected chi connectivity index (χ3v) is 13.3. The Morgan fingerprint density at radius 2 is 0.867 bits per heavy atom. The molecule has 12 aromatic rings. The van der Waals surface area contributed by atoms with Crippen LogP contribution in [0.25, 0.3) is 98.4 Å². The van der Waals surface area contributed by atoms with Crippen molar-refractivity contribution in [1.29, 1.82) is 0 Å². The molecule has 0 saturated heterocycles. The van der Waals surface area contributed by atoms with Crippen LogP contribution in [0.1, 0.15) is 22.3 Å². The SMILES string of the molecule is c1ccc(C2(c3ccccc3)c3cc(-c4c5ccccc5cc5c4ccc4ccccc45)ccc3-c3c2c(-c2ccc4c(c2)oc2ccccc24)cc2ccccc32)cc1. The fourth-order valence-electron chi connectivity index (χ4n) is 10.8. The van der Waals surface area contributed by atoms with Crippen LogP contribution >= 0.6 is 0 Å². The van der Waals surface area contributed by atoms with Gasteiger partial charge in [0.05, 0.1) is 5.41 Å². The average Bonchev–Trinajstić information content (AvgIpc) is 3.85. The number of furan rings is 1. The van der Waals surface area contributed by atoms with E-state index in [1.807, 2.05) is 6.07 Å². The van der Waals surface area contributed by atoms with Gasteiger partial charge in [-0.05, 0) is 135 Å². The van der Waals surface area contributed by atoms with Gasteiger partial charge >= 0.3 is 0 Å². The lowest BCUT2D eigenvalue weighted by atomic mass is 9.65. The molecule has 0 N–H and O–H groups in total. The Labute approximate surface area is 347 Å². The van der Waals surface area contributed by atoms with E-state index in [1.165, 1.54) is 93.2 Å². The zero-order chi connectivity index (χ0) is 39.4. The minimum absolute atomic E-state index is 0.654. The lowest BCUT2D eigenvalue weighted by Gasteiger charge is -2.35. The normalized spacial score (nSPS) is 13.1. The molecule has 0 aliphatic heterocycles. The smallest absolute Gasteiger partial charge is 0.136 e. The average molecular weight is 761 g/mol. The van der Waals surface area contributed by atoms with Crippen molar-refractivity contribution in [2.24, 2.45) is 0 Å². The summed E-state index contributed by atoms with van der Waals surface area (Å²) < 4.78 is 6.57. The Bertz CT molecular complexity index is 3660. The molecule has 1 heterocycles. The molecule has 1 aromatic heterocycles. The summed E-state index contributed by atoms with van der Waals surface area (Å²) in [6, 6.07) is 81.0. The van der Waals surface area contributed by atoms with Crippen LogP contribution in [-0.4, -0.2) is 0 Å². The first kappa shape index (κ1) is 33.3. The molecule has 0 radical (unpaired) electrons. The van der Waals surface area contributed by atoms with Crippen LogP contribution in [0.5, 0.6) is 0 Å². The number of rotatable bonds is 4. The van der Waals surface area contributed by atoms with E-state index < -0.39 is 5.41 Å². The fraction of sp³-hybridized carbons (Fsp3) is 0.0169. The van der Waals surface area contributed by atoms with Crippen molar-refractivity contribution < 1.29 is 4.42 Å². The second kappa shape index (κ2) is 12.6. The molecule has 11 aromatic carbocycles. The number of fused-ring (bicyclic) bond motifs is 12. The monoisotopic (exact) mass is 760 g/mol. The van der Waals surface area contributed by atoms with Crippen LogP contribution in [0.4, 0.5) is 0 Å². The number of hydrogen-bond acceptors (Lipinski definition) is 1. The van der Waals surface area contributed by atoms with Gasteiger partial charge in [-0.3, -0.25) is 0 Å². The molecular formula is C59H36O. The molecule has 0 amide bonds. The van der Waals surface area contributed by atoms with Gasteiger partial charge in [0.25, 0.3) is 0 Å². The maximum absolute atomic E-state index is 6.57. The van der Waals surface area contributed by atoms with Gasteiger partial charge in [-0.1, -0.05) is 182 Å². The lowest BCUT2D eigenvalue weighted by Crippen LogP contribution is -2.29. The molecule has 278 valence electrons. The summed E-state index contributed by atoms with van der Waals surface area (Å²) in [5.74, 6) is 0. The highest BCUT2D eigenvalue weighted by atomic mass is 16.3. The number of para-hydroxylation sites is 1. The lowest BCUT2D eigenvalue weighted by molar-refractivity contribution is 0.669. The van der Waals surface area contributed by atoms with Crippen LogP contribution in [-0.2, 0) is 5.41 Å². The maximum atomic E-state index is 6.57.